The number of aliphatic imine (C=N–C) groups is 1. The Morgan fingerprint density at radius 3 is 2.89 bits per heavy atom. The molecule has 0 unspecified atom stereocenters. The van der Waals surface area contributed by atoms with Crippen molar-refractivity contribution in [1.82, 2.24) is 10.2 Å². The minimum Gasteiger partial charge on any atom is -0.497 e. The smallest absolute Gasteiger partial charge is 0.251 e. The Morgan fingerprint density at radius 2 is 2.14 bits per heavy atom. The fourth-order valence-corrected chi connectivity index (χ4v) is 3.40. The zero-order valence-electron chi connectivity index (χ0n) is 15.8. The largest absolute Gasteiger partial charge is 0.497 e. The van der Waals surface area contributed by atoms with Crippen molar-refractivity contribution in [1.29, 1.82) is 0 Å². The van der Waals surface area contributed by atoms with Crippen molar-refractivity contribution >= 4 is 41.0 Å². The summed E-state index contributed by atoms with van der Waals surface area (Å²) >= 11 is 5.19. The van der Waals surface area contributed by atoms with Gasteiger partial charge in [0.2, 0.25) is 5.91 Å². The van der Waals surface area contributed by atoms with Crippen LogP contribution in [-0.2, 0) is 14.3 Å². The SMILES string of the molecule is COc1cccc(N2C(=O)[C@@H](C=NCCCN3CCOCC3)C(=O)NC2=S)c1. The number of morpholine rings is 1. The molecule has 1 N–H and O–H groups in total. The first-order chi connectivity index (χ1) is 13.6. The lowest BCUT2D eigenvalue weighted by Crippen LogP contribution is -2.58. The van der Waals surface area contributed by atoms with Crippen molar-refractivity contribution in [2.24, 2.45) is 10.9 Å². The zero-order chi connectivity index (χ0) is 19.9. The van der Waals surface area contributed by atoms with E-state index < -0.39 is 17.7 Å². The van der Waals surface area contributed by atoms with Gasteiger partial charge in [-0.2, -0.15) is 0 Å². The molecule has 0 bridgehead atoms. The third-order valence-corrected chi connectivity index (χ3v) is 4.92. The van der Waals surface area contributed by atoms with E-state index in [1.807, 2.05) is 0 Å². The number of carbonyl (C=O) groups is 2. The second kappa shape index (κ2) is 9.72. The van der Waals surface area contributed by atoms with Gasteiger partial charge in [0.05, 0.1) is 26.0 Å². The van der Waals surface area contributed by atoms with Crippen molar-refractivity contribution in [3.05, 3.63) is 24.3 Å². The average Bonchev–Trinajstić information content (AvgIpc) is 2.70. The third-order valence-electron chi connectivity index (χ3n) is 4.63. The standard InChI is InChI=1S/C19H24N4O4S/c1-26-15-5-2-4-14(12-15)23-18(25)16(17(24)21-19(23)28)13-20-6-3-7-22-8-10-27-11-9-22/h2,4-5,12-13,16H,3,6-11H2,1H3,(H,21,24,28)/t16-/m0/s1. The molecule has 0 radical (unpaired) electrons. The Labute approximate surface area is 169 Å². The normalized spacial score (nSPS) is 21.2. The van der Waals surface area contributed by atoms with Crippen LogP contribution >= 0.6 is 12.2 Å². The van der Waals surface area contributed by atoms with Gasteiger partial charge in [-0.05, 0) is 30.8 Å². The van der Waals surface area contributed by atoms with Gasteiger partial charge >= 0.3 is 0 Å². The predicted octanol–water partition coefficient (Wildman–Crippen LogP) is 0.852. The van der Waals surface area contributed by atoms with Crippen molar-refractivity contribution in [2.75, 3.05) is 51.4 Å². The first-order valence-electron chi connectivity index (χ1n) is 9.23. The summed E-state index contributed by atoms with van der Waals surface area (Å²) in [4.78, 5) is 33.1. The lowest BCUT2D eigenvalue weighted by molar-refractivity contribution is -0.130. The summed E-state index contributed by atoms with van der Waals surface area (Å²) < 4.78 is 10.5. The zero-order valence-corrected chi connectivity index (χ0v) is 16.6. The van der Waals surface area contributed by atoms with Crippen LogP contribution in [0.3, 0.4) is 0 Å². The molecule has 1 aromatic rings. The molecule has 2 aliphatic rings. The van der Waals surface area contributed by atoms with Crippen LogP contribution in [0.1, 0.15) is 6.42 Å². The summed E-state index contributed by atoms with van der Waals surface area (Å²) in [6.45, 7) is 4.87. The number of amides is 2. The Kier molecular flexibility index (Phi) is 7.07. The molecule has 0 aromatic heterocycles. The molecule has 2 heterocycles. The molecule has 0 spiro atoms. The van der Waals surface area contributed by atoms with Crippen LogP contribution in [0.4, 0.5) is 5.69 Å². The maximum absolute atomic E-state index is 12.9. The number of nitrogens with one attached hydrogen (secondary N) is 1. The summed E-state index contributed by atoms with van der Waals surface area (Å²) in [5.74, 6) is -1.27. The van der Waals surface area contributed by atoms with Gasteiger partial charge in [-0.3, -0.25) is 24.4 Å². The molecular weight excluding hydrogens is 380 g/mol. The first kappa shape index (κ1) is 20.4. The number of rotatable bonds is 7. The van der Waals surface area contributed by atoms with Gasteiger partial charge in [-0.15, -0.1) is 0 Å². The highest BCUT2D eigenvalue weighted by atomic mass is 32.1. The van der Waals surface area contributed by atoms with Crippen molar-refractivity contribution in [2.45, 2.75) is 6.42 Å². The number of benzene rings is 1. The Morgan fingerprint density at radius 1 is 1.36 bits per heavy atom. The molecule has 2 aliphatic heterocycles. The maximum Gasteiger partial charge on any atom is 0.251 e. The second-order valence-corrected chi connectivity index (χ2v) is 6.90. The number of ether oxygens (including phenoxy) is 2. The minimum atomic E-state index is -0.999. The highest BCUT2D eigenvalue weighted by molar-refractivity contribution is 7.80. The molecule has 1 aromatic carbocycles. The van der Waals surface area contributed by atoms with Crippen LogP contribution in [0.15, 0.2) is 29.3 Å². The van der Waals surface area contributed by atoms with E-state index in [-0.39, 0.29) is 5.11 Å². The number of carbonyl (C=O) groups excluding carboxylic acids is 2. The third kappa shape index (κ3) is 4.92. The molecule has 2 saturated heterocycles. The van der Waals surface area contributed by atoms with E-state index in [4.69, 9.17) is 21.7 Å². The van der Waals surface area contributed by atoms with Crippen LogP contribution in [0.2, 0.25) is 0 Å². The molecule has 150 valence electrons. The molecule has 0 aliphatic carbocycles. The van der Waals surface area contributed by atoms with Gasteiger partial charge in [0.25, 0.3) is 5.91 Å². The second-order valence-electron chi connectivity index (χ2n) is 6.51. The molecule has 2 fully saturated rings. The van der Waals surface area contributed by atoms with Gasteiger partial charge in [0.1, 0.15) is 5.75 Å². The summed E-state index contributed by atoms with van der Waals surface area (Å²) in [7, 11) is 1.55. The lowest BCUT2D eigenvalue weighted by Gasteiger charge is -2.31. The van der Waals surface area contributed by atoms with Crippen molar-refractivity contribution in [3.63, 3.8) is 0 Å². The Balaban J connectivity index is 1.61. The number of thiocarbonyl (C=S) groups is 1. The quantitative estimate of drug-likeness (QED) is 0.314. The van der Waals surface area contributed by atoms with Gasteiger partial charge in [-0.1, -0.05) is 6.07 Å². The van der Waals surface area contributed by atoms with Gasteiger partial charge in [0, 0.05) is 38.5 Å². The molecular formula is C19H24N4O4S. The number of hydrogen-bond acceptors (Lipinski definition) is 7. The summed E-state index contributed by atoms with van der Waals surface area (Å²) in [6, 6.07) is 6.96. The number of anilines is 1. The van der Waals surface area contributed by atoms with Crippen LogP contribution in [-0.4, -0.2) is 74.5 Å². The van der Waals surface area contributed by atoms with Gasteiger partial charge in [0.15, 0.2) is 11.0 Å². The van der Waals surface area contributed by atoms with E-state index in [0.717, 1.165) is 39.3 Å². The minimum absolute atomic E-state index is 0.0558. The molecule has 8 nitrogen and oxygen atoms in total. The maximum atomic E-state index is 12.9. The lowest BCUT2D eigenvalue weighted by atomic mass is 10.1. The summed E-state index contributed by atoms with van der Waals surface area (Å²) in [5, 5.41) is 2.64. The summed E-state index contributed by atoms with van der Waals surface area (Å²) in [5.41, 5.74) is 0.542. The average molecular weight is 404 g/mol. The predicted molar refractivity (Wildman–Crippen MR) is 110 cm³/mol. The number of nitrogens with zero attached hydrogens (tertiary/aromatic N) is 3. The van der Waals surface area contributed by atoms with Crippen LogP contribution < -0.4 is 15.0 Å². The number of methoxy groups -OCH3 is 1. The molecule has 3 rings (SSSR count). The molecule has 2 amide bonds. The van der Waals surface area contributed by atoms with E-state index in [9.17, 15) is 9.59 Å². The van der Waals surface area contributed by atoms with E-state index in [0.29, 0.717) is 18.0 Å². The van der Waals surface area contributed by atoms with Gasteiger partial charge in [-0.25, -0.2) is 0 Å². The van der Waals surface area contributed by atoms with Crippen molar-refractivity contribution < 1.29 is 19.1 Å². The first-order valence-corrected chi connectivity index (χ1v) is 9.64. The van der Waals surface area contributed by atoms with E-state index in [2.05, 4.69) is 15.2 Å². The van der Waals surface area contributed by atoms with E-state index in [1.165, 1.54) is 11.1 Å². The monoisotopic (exact) mass is 404 g/mol. The summed E-state index contributed by atoms with van der Waals surface area (Å²) in [6.07, 6.45) is 2.28. The fourth-order valence-electron chi connectivity index (χ4n) is 3.11. The topological polar surface area (TPSA) is 83.5 Å². The molecule has 0 saturated carbocycles. The van der Waals surface area contributed by atoms with Crippen LogP contribution in [0.25, 0.3) is 0 Å². The highest BCUT2D eigenvalue weighted by Gasteiger charge is 2.38. The number of hydrogen-bond donors (Lipinski definition) is 1. The fraction of sp³-hybridized carbons (Fsp3) is 0.474. The van der Waals surface area contributed by atoms with E-state index >= 15 is 0 Å². The van der Waals surface area contributed by atoms with E-state index in [1.54, 1.807) is 31.4 Å². The van der Waals surface area contributed by atoms with Crippen molar-refractivity contribution in [3.8, 4) is 5.75 Å². The Hall–Kier alpha value is -2.36. The molecule has 28 heavy (non-hydrogen) atoms. The van der Waals surface area contributed by atoms with Gasteiger partial charge < -0.3 is 14.8 Å². The van der Waals surface area contributed by atoms with Crippen LogP contribution in [0, 0.1) is 5.92 Å². The highest BCUT2D eigenvalue weighted by Crippen LogP contribution is 2.24. The van der Waals surface area contributed by atoms with Crippen LogP contribution in [0.5, 0.6) is 5.75 Å². The molecule has 1 atom stereocenters. The molecule has 9 heteroatoms. The Bertz CT molecular complexity index is 764.